The molecule has 0 aromatic heterocycles. The van der Waals surface area contributed by atoms with E-state index in [9.17, 15) is 4.79 Å². The second-order valence-electron chi connectivity index (χ2n) is 5.18. The van der Waals surface area contributed by atoms with Gasteiger partial charge in [0.1, 0.15) is 0 Å². The molecule has 0 aliphatic rings. The topological polar surface area (TPSA) is 52.9 Å². The Morgan fingerprint density at radius 3 is 2.30 bits per heavy atom. The van der Waals surface area contributed by atoms with E-state index < -0.39 is 5.97 Å². The van der Waals surface area contributed by atoms with Crippen LogP contribution in [0, 0.1) is 0 Å². The standard InChI is InChI=1S/C18H19ClN2O2/c1-21(17-8-4-15(12-19)5-9-17)13-20-11-10-14-2-6-16(7-3-14)18(22)23/h2-9,13H,10-12H2,1H3,(H,22,23). The fraction of sp³-hybridized carbons (Fsp3) is 0.222. The van der Waals surface area contributed by atoms with Crippen molar-refractivity contribution in [3.8, 4) is 0 Å². The molecule has 0 aliphatic heterocycles. The quantitative estimate of drug-likeness (QED) is 0.477. The van der Waals surface area contributed by atoms with Gasteiger partial charge in [0.2, 0.25) is 0 Å². The maximum Gasteiger partial charge on any atom is 0.335 e. The van der Waals surface area contributed by atoms with Crippen LogP contribution in [0.25, 0.3) is 0 Å². The molecule has 0 radical (unpaired) electrons. The van der Waals surface area contributed by atoms with Gasteiger partial charge in [0.25, 0.3) is 0 Å². The minimum Gasteiger partial charge on any atom is -0.478 e. The van der Waals surface area contributed by atoms with E-state index in [1.165, 1.54) is 0 Å². The van der Waals surface area contributed by atoms with Crippen molar-refractivity contribution in [1.29, 1.82) is 0 Å². The Kier molecular flexibility index (Phi) is 6.18. The van der Waals surface area contributed by atoms with Crippen LogP contribution >= 0.6 is 11.6 Å². The normalized spacial score (nSPS) is 10.9. The van der Waals surface area contributed by atoms with Gasteiger partial charge < -0.3 is 10.0 Å². The Morgan fingerprint density at radius 1 is 1.13 bits per heavy atom. The highest BCUT2D eigenvalue weighted by Crippen LogP contribution is 2.13. The number of nitrogens with zero attached hydrogens (tertiary/aromatic N) is 2. The molecule has 2 aromatic carbocycles. The zero-order chi connectivity index (χ0) is 16.7. The molecule has 5 heteroatoms. The molecule has 0 bridgehead atoms. The third kappa shape index (κ3) is 5.11. The van der Waals surface area contributed by atoms with Crippen LogP contribution in [-0.4, -0.2) is 31.0 Å². The van der Waals surface area contributed by atoms with Gasteiger partial charge >= 0.3 is 5.97 Å². The fourth-order valence-electron chi connectivity index (χ4n) is 2.07. The van der Waals surface area contributed by atoms with E-state index in [0.29, 0.717) is 18.0 Å². The van der Waals surface area contributed by atoms with Crippen molar-refractivity contribution in [1.82, 2.24) is 0 Å². The highest BCUT2D eigenvalue weighted by molar-refractivity contribution is 6.17. The minimum absolute atomic E-state index is 0.303. The smallest absolute Gasteiger partial charge is 0.335 e. The maximum absolute atomic E-state index is 10.8. The highest BCUT2D eigenvalue weighted by Gasteiger charge is 2.01. The van der Waals surface area contributed by atoms with Crippen LogP contribution in [0.5, 0.6) is 0 Å². The minimum atomic E-state index is -0.906. The number of hydrogen-bond acceptors (Lipinski definition) is 2. The predicted octanol–water partition coefficient (Wildman–Crippen LogP) is 3.83. The number of aromatic carboxylic acids is 1. The van der Waals surface area contributed by atoms with Crippen LogP contribution in [0.2, 0.25) is 0 Å². The van der Waals surface area contributed by atoms with Crippen molar-refractivity contribution in [3.63, 3.8) is 0 Å². The molecule has 0 saturated carbocycles. The van der Waals surface area contributed by atoms with Crippen LogP contribution in [0.3, 0.4) is 0 Å². The number of carboxylic acid groups (broad SMARTS) is 1. The van der Waals surface area contributed by atoms with Crippen molar-refractivity contribution in [2.45, 2.75) is 12.3 Å². The summed E-state index contributed by atoms with van der Waals surface area (Å²) in [5.41, 5.74) is 3.51. The Balaban J connectivity index is 1.84. The van der Waals surface area contributed by atoms with Gasteiger partial charge in [-0.15, -0.1) is 11.6 Å². The second kappa shape index (κ2) is 8.34. The number of halogens is 1. The monoisotopic (exact) mass is 330 g/mol. The van der Waals surface area contributed by atoms with Gasteiger partial charge in [0, 0.05) is 25.2 Å². The maximum atomic E-state index is 10.8. The van der Waals surface area contributed by atoms with Gasteiger partial charge in [-0.1, -0.05) is 24.3 Å². The molecular weight excluding hydrogens is 312 g/mol. The van der Waals surface area contributed by atoms with Crippen LogP contribution in [0.4, 0.5) is 5.69 Å². The zero-order valence-corrected chi connectivity index (χ0v) is 13.7. The number of benzene rings is 2. The molecule has 120 valence electrons. The lowest BCUT2D eigenvalue weighted by Crippen LogP contribution is -2.14. The molecule has 0 atom stereocenters. The lowest BCUT2D eigenvalue weighted by Gasteiger charge is -2.13. The van der Waals surface area contributed by atoms with E-state index in [1.807, 2.05) is 48.3 Å². The molecule has 0 aliphatic carbocycles. The van der Waals surface area contributed by atoms with Gasteiger partial charge in [0.05, 0.1) is 11.9 Å². The molecular formula is C18H19ClN2O2. The summed E-state index contributed by atoms with van der Waals surface area (Å²) in [5, 5.41) is 8.86. The number of alkyl halides is 1. The Bertz CT molecular complexity index is 666. The molecule has 0 unspecified atom stereocenters. The van der Waals surface area contributed by atoms with E-state index in [-0.39, 0.29) is 0 Å². The second-order valence-corrected chi connectivity index (χ2v) is 5.45. The third-order valence-corrected chi connectivity index (χ3v) is 3.79. The number of rotatable bonds is 7. The summed E-state index contributed by atoms with van der Waals surface area (Å²) in [4.78, 5) is 17.1. The number of carbonyl (C=O) groups is 1. The zero-order valence-electron chi connectivity index (χ0n) is 12.9. The summed E-state index contributed by atoms with van der Waals surface area (Å²) in [6.45, 7) is 0.649. The molecule has 0 saturated heterocycles. The summed E-state index contributed by atoms with van der Waals surface area (Å²) in [6, 6.07) is 14.9. The van der Waals surface area contributed by atoms with E-state index in [4.69, 9.17) is 16.7 Å². The van der Waals surface area contributed by atoms with Crippen LogP contribution in [0.1, 0.15) is 21.5 Å². The van der Waals surface area contributed by atoms with Crippen molar-refractivity contribution < 1.29 is 9.90 Å². The summed E-state index contributed by atoms with van der Waals surface area (Å²) in [5.74, 6) is -0.393. The fourth-order valence-corrected chi connectivity index (χ4v) is 2.25. The first-order chi connectivity index (χ1) is 11.1. The lowest BCUT2D eigenvalue weighted by molar-refractivity contribution is 0.0697. The average molecular weight is 331 g/mol. The van der Waals surface area contributed by atoms with Crippen LogP contribution < -0.4 is 4.90 Å². The molecule has 0 spiro atoms. The van der Waals surface area contributed by atoms with E-state index in [2.05, 4.69) is 4.99 Å². The van der Waals surface area contributed by atoms with Crippen molar-refractivity contribution in [3.05, 3.63) is 65.2 Å². The molecule has 2 aromatic rings. The summed E-state index contributed by atoms with van der Waals surface area (Å²) < 4.78 is 0. The molecule has 0 amide bonds. The van der Waals surface area contributed by atoms with E-state index in [1.54, 1.807) is 18.5 Å². The molecule has 0 fully saturated rings. The third-order valence-electron chi connectivity index (χ3n) is 3.48. The van der Waals surface area contributed by atoms with Gasteiger partial charge in [-0.2, -0.15) is 0 Å². The van der Waals surface area contributed by atoms with E-state index in [0.717, 1.165) is 23.2 Å². The molecule has 1 N–H and O–H groups in total. The first kappa shape index (κ1) is 17.0. The van der Waals surface area contributed by atoms with Gasteiger partial charge in [-0.3, -0.25) is 4.99 Å². The average Bonchev–Trinajstić information content (AvgIpc) is 2.59. The largest absolute Gasteiger partial charge is 0.478 e. The van der Waals surface area contributed by atoms with Gasteiger partial charge in [-0.25, -0.2) is 4.79 Å². The number of anilines is 1. The van der Waals surface area contributed by atoms with Crippen molar-refractivity contribution in [2.24, 2.45) is 4.99 Å². The predicted molar refractivity (Wildman–Crippen MR) is 94.9 cm³/mol. The molecule has 4 nitrogen and oxygen atoms in total. The number of carboxylic acids is 1. The van der Waals surface area contributed by atoms with Crippen LogP contribution in [0.15, 0.2) is 53.5 Å². The lowest BCUT2D eigenvalue weighted by atomic mass is 10.1. The Hall–Kier alpha value is -2.33. The summed E-state index contributed by atoms with van der Waals surface area (Å²) >= 11 is 5.77. The molecule has 2 rings (SSSR count). The summed E-state index contributed by atoms with van der Waals surface area (Å²) in [7, 11) is 1.95. The molecule has 23 heavy (non-hydrogen) atoms. The molecule has 0 heterocycles. The first-order valence-electron chi connectivity index (χ1n) is 7.30. The Morgan fingerprint density at radius 2 is 1.74 bits per heavy atom. The van der Waals surface area contributed by atoms with Crippen LogP contribution in [-0.2, 0) is 12.3 Å². The SMILES string of the molecule is CN(C=NCCc1ccc(C(=O)O)cc1)c1ccc(CCl)cc1. The van der Waals surface area contributed by atoms with Gasteiger partial charge in [-0.05, 0) is 41.8 Å². The summed E-state index contributed by atoms with van der Waals surface area (Å²) in [6.07, 6.45) is 2.57. The highest BCUT2D eigenvalue weighted by atomic mass is 35.5. The first-order valence-corrected chi connectivity index (χ1v) is 7.83. The number of aliphatic imine (C=N–C) groups is 1. The Labute approximate surface area is 141 Å². The number of hydrogen-bond donors (Lipinski definition) is 1. The van der Waals surface area contributed by atoms with Crippen molar-refractivity contribution >= 4 is 29.6 Å². The van der Waals surface area contributed by atoms with Gasteiger partial charge in [0.15, 0.2) is 0 Å². The van der Waals surface area contributed by atoms with E-state index >= 15 is 0 Å². The van der Waals surface area contributed by atoms with Crippen molar-refractivity contribution in [2.75, 3.05) is 18.5 Å².